The quantitative estimate of drug-likeness (QED) is 0.790. The number of hydrogen-bond donors (Lipinski definition) is 2. The SMILES string of the molecule is COc1ccc(C(N)=S)c(Nc2cc(F)c(Br)cc2C)c1. The molecule has 0 unspecified atom stereocenters. The van der Waals surface area contributed by atoms with Crippen molar-refractivity contribution in [2.24, 2.45) is 5.73 Å². The van der Waals surface area contributed by atoms with Gasteiger partial charge in [0.1, 0.15) is 16.6 Å². The average molecular weight is 369 g/mol. The van der Waals surface area contributed by atoms with E-state index in [0.717, 1.165) is 5.56 Å². The number of ether oxygens (including phenoxy) is 1. The van der Waals surface area contributed by atoms with Crippen LogP contribution >= 0.6 is 28.1 Å². The molecule has 6 heteroatoms. The van der Waals surface area contributed by atoms with E-state index >= 15 is 0 Å². The summed E-state index contributed by atoms with van der Waals surface area (Å²) < 4.78 is 19.3. The molecule has 0 saturated heterocycles. The second-order valence-corrected chi connectivity index (χ2v) is 5.78. The molecule has 0 heterocycles. The molecule has 0 aliphatic heterocycles. The van der Waals surface area contributed by atoms with Crippen LogP contribution in [0.4, 0.5) is 15.8 Å². The number of nitrogens with one attached hydrogen (secondary N) is 1. The summed E-state index contributed by atoms with van der Waals surface area (Å²) in [6, 6.07) is 8.44. The molecule has 2 aromatic rings. The maximum absolute atomic E-state index is 13.7. The van der Waals surface area contributed by atoms with Crippen LogP contribution in [0.1, 0.15) is 11.1 Å². The number of benzene rings is 2. The monoisotopic (exact) mass is 368 g/mol. The maximum Gasteiger partial charge on any atom is 0.139 e. The Labute approximate surface area is 136 Å². The van der Waals surface area contributed by atoms with Crippen molar-refractivity contribution in [3.05, 3.63) is 51.7 Å². The van der Waals surface area contributed by atoms with Crippen LogP contribution in [0.15, 0.2) is 34.8 Å². The third-order valence-electron chi connectivity index (χ3n) is 3.03. The summed E-state index contributed by atoms with van der Waals surface area (Å²) >= 11 is 8.20. The Bertz CT molecular complexity index is 706. The molecule has 2 aromatic carbocycles. The van der Waals surface area contributed by atoms with E-state index in [-0.39, 0.29) is 10.8 Å². The second-order valence-electron chi connectivity index (χ2n) is 4.48. The normalized spacial score (nSPS) is 10.3. The van der Waals surface area contributed by atoms with Crippen LogP contribution in [0.25, 0.3) is 0 Å². The molecule has 0 aliphatic rings. The van der Waals surface area contributed by atoms with Gasteiger partial charge in [-0.2, -0.15) is 0 Å². The minimum atomic E-state index is -0.345. The van der Waals surface area contributed by atoms with E-state index in [1.54, 1.807) is 31.4 Å². The van der Waals surface area contributed by atoms with Crippen LogP contribution < -0.4 is 15.8 Å². The van der Waals surface area contributed by atoms with E-state index in [2.05, 4.69) is 21.2 Å². The van der Waals surface area contributed by atoms with Crippen molar-refractivity contribution in [3.8, 4) is 5.75 Å². The second kappa shape index (κ2) is 6.41. The van der Waals surface area contributed by atoms with Gasteiger partial charge in [-0.15, -0.1) is 0 Å². The summed E-state index contributed by atoms with van der Waals surface area (Å²) in [5.41, 5.74) is 8.60. The zero-order chi connectivity index (χ0) is 15.6. The van der Waals surface area contributed by atoms with E-state index in [0.29, 0.717) is 27.2 Å². The van der Waals surface area contributed by atoms with Crippen LogP contribution in [0.5, 0.6) is 5.75 Å². The minimum Gasteiger partial charge on any atom is -0.497 e. The van der Waals surface area contributed by atoms with Crippen LogP contribution in [0, 0.1) is 12.7 Å². The maximum atomic E-state index is 13.7. The summed E-state index contributed by atoms with van der Waals surface area (Å²) in [6.07, 6.45) is 0. The number of thiocarbonyl (C=S) groups is 1. The van der Waals surface area contributed by atoms with Gasteiger partial charge in [-0.05, 0) is 52.7 Å². The highest BCUT2D eigenvalue weighted by Crippen LogP contribution is 2.30. The molecular weight excluding hydrogens is 355 g/mol. The molecule has 0 saturated carbocycles. The van der Waals surface area contributed by atoms with E-state index in [1.165, 1.54) is 6.07 Å². The van der Waals surface area contributed by atoms with Gasteiger partial charge in [0.25, 0.3) is 0 Å². The third kappa shape index (κ3) is 3.51. The van der Waals surface area contributed by atoms with E-state index < -0.39 is 0 Å². The molecule has 0 atom stereocenters. The standard InChI is InChI=1S/C15H14BrFN2OS/c1-8-5-11(16)12(17)7-13(8)19-14-6-9(20-2)3-4-10(14)15(18)21/h3-7,19H,1-2H3,(H2,18,21). The van der Waals surface area contributed by atoms with E-state index in [9.17, 15) is 4.39 Å². The van der Waals surface area contributed by atoms with Gasteiger partial charge >= 0.3 is 0 Å². The fourth-order valence-electron chi connectivity index (χ4n) is 1.89. The number of aryl methyl sites for hydroxylation is 1. The van der Waals surface area contributed by atoms with Gasteiger partial charge in [0.05, 0.1) is 17.3 Å². The fourth-order valence-corrected chi connectivity index (χ4v) is 2.53. The first-order chi connectivity index (χ1) is 9.92. The Morgan fingerprint density at radius 1 is 1.29 bits per heavy atom. The largest absolute Gasteiger partial charge is 0.497 e. The molecule has 21 heavy (non-hydrogen) atoms. The molecule has 110 valence electrons. The molecule has 0 bridgehead atoms. The van der Waals surface area contributed by atoms with Crippen molar-refractivity contribution in [2.75, 3.05) is 12.4 Å². The van der Waals surface area contributed by atoms with Crippen LogP contribution in [-0.4, -0.2) is 12.1 Å². The Balaban J connectivity index is 2.47. The number of hydrogen-bond acceptors (Lipinski definition) is 3. The molecular formula is C15H14BrFN2OS. The third-order valence-corrected chi connectivity index (χ3v) is 3.86. The fraction of sp³-hybridized carbons (Fsp3) is 0.133. The van der Waals surface area contributed by atoms with Crippen molar-refractivity contribution < 1.29 is 9.13 Å². The highest BCUT2D eigenvalue weighted by Gasteiger charge is 2.10. The van der Waals surface area contributed by atoms with Crippen molar-refractivity contribution in [3.63, 3.8) is 0 Å². The average Bonchev–Trinajstić information content (AvgIpc) is 2.44. The van der Waals surface area contributed by atoms with Crippen LogP contribution in [0.2, 0.25) is 0 Å². The van der Waals surface area contributed by atoms with Crippen LogP contribution in [-0.2, 0) is 0 Å². The highest BCUT2D eigenvalue weighted by atomic mass is 79.9. The number of anilines is 2. The Morgan fingerprint density at radius 3 is 2.62 bits per heavy atom. The lowest BCUT2D eigenvalue weighted by Crippen LogP contribution is -2.12. The minimum absolute atomic E-state index is 0.260. The summed E-state index contributed by atoms with van der Waals surface area (Å²) in [7, 11) is 1.57. The Kier molecular flexibility index (Phi) is 4.80. The topological polar surface area (TPSA) is 47.3 Å². The lowest BCUT2D eigenvalue weighted by atomic mass is 10.1. The number of halogens is 2. The summed E-state index contributed by atoms with van der Waals surface area (Å²) in [5.74, 6) is 0.315. The highest BCUT2D eigenvalue weighted by molar-refractivity contribution is 9.10. The molecule has 0 radical (unpaired) electrons. The van der Waals surface area contributed by atoms with E-state index in [1.807, 2.05) is 6.92 Å². The van der Waals surface area contributed by atoms with Crippen LogP contribution in [0.3, 0.4) is 0 Å². The van der Waals surface area contributed by atoms with Crippen molar-refractivity contribution in [1.29, 1.82) is 0 Å². The van der Waals surface area contributed by atoms with Gasteiger partial charge in [0, 0.05) is 17.3 Å². The zero-order valence-corrected chi connectivity index (χ0v) is 13.9. The molecule has 3 nitrogen and oxygen atoms in total. The molecule has 2 rings (SSSR count). The number of nitrogens with two attached hydrogens (primary N) is 1. The lowest BCUT2D eigenvalue weighted by molar-refractivity contribution is 0.415. The predicted molar refractivity (Wildman–Crippen MR) is 91.0 cm³/mol. The first-order valence-corrected chi connectivity index (χ1v) is 7.33. The molecule has 0 aromatic heterocycles. The van der Waals surface area contributed by atoms with Gasteiger partial charge in [-0.1, -0.05) is 12.2 Å². The molecule has 0 fully saturated rings. The van der Waals surface area contributed by atoms with Gasteiger partial charge in [-0.25, -0.2) is 4.39 Å². The number of rotatable bonds is 4. The summed E-state index contributed by atoms with van der Waals surface area (Å²) in [5, 5.41) is 3.16. The van der Waals surface area contributed by atoms with E-state index in [4.69, 9.17) is 22.7 Å². The molecule has 0 amide bonds. The smallest absolute Gasteiger partial charge is 0.139 e. The van der Waals surface area contributed by atoms with Gasteiger partial charge < -0.3 is 15.8 Å². The molecule has 0 spiro atoms. The van der Waals surface area contributed by atoms with Crippen molar-refractivity contribution in [2.45, 2.75) is 6.92 Å². The molecule has 3 N–H and O–H groups in total. The van der Waals surface area contributed by atoms with Crippen molar-refractivity contribution in [1.82, 2.24) is 0 Å². The first kappa shape index (κ1) is 15.7. The van der Waals surface area contributed by atoms with Gasteiger partial charge in [0.15, 0.2) is 0 Å². The predicted octanol–water partition coefficient (Wildman–Crippen LogP) is 4.28. The summed E-state index contributed by atoms with van der Waals surface area (Å²) in [6.45, 7) is 1.88. The van der Waals surface area contributed by atoms with Crippen molar-refractivity contribution >= 4 is 44.5 Å². The van der Waals surface area contributed by atoms with Gasteiger partial charge in [-0.3, -0.25) is 0 Å². The first-order valence-electron chi connectivity index (χ1n) is 6.13. The number of methoxy groups -OCH3 is 1. The Hall–Kier alpha value is -1.66. The van der Waals surface area contributed by atoms with Gasteiger partial charge in [0.2, 0.25) is 0 Å². The Morgan fingerprint density at radius 2 is 2.00 bits per heavy atom. The zero-order valence-electron chi connectivity index (χ0n) is 11.5. The summed E-state index contributed by atoms with van der Waals surface area (Å²) in [4.78, 5) is 0.260. The molecule has 0 aliphatic carbocycles. The lowest BCUT2D eigenvalue weighted by Gasteiger charge is -2.15.